The largest absolute Gasteiger partial charge is 0.380 e. The number of nitrogens with one attached hydrogen (secondary N) is 2. The van der Waals surface area contributed by atoms with Gasteiger partial charge in [0.15, 0.2) is 0 Å². The van der Waals surface area contributed by atoms with Gasteiger partial charge in [-0.15, -0.1) is 0 Å². The molecule has 0 aromatic heterocycles. The maximum Gasteiger partial charge on any atom is 0.237 e. The lowest BCUT2D eigenvalue weighted by molar-refractivity contribution is -0.155. The fourth-order valence-electron chi connectivity index (χ4n) is 3.59. The Morgan fingerprint density at radius 3 is 2.65 bits per heavy atom. The number of hydrogen-bond donors (Lipinski definition) is 2. The van der Waals surface area contributed by atoms with Gasteiger partial charge in [-0.05, 0) is 19.4 Å². The SMILES string of the molecule is COC1C(C)C(NC(=O)C2CCCN2)C1(C)C. The summed E-state index contributed by atoms with van der Waals surface area (Å²) in [5.41, 5.74) is 0.0302. The summed E-state index contributed by atoms with van der Waals surface area (Å²) >= 11 is 0. The summed E-state index contributed by atoms with van der Waals surface area (Å²) in [5.74, 6) is 0.544. The van der Waals surface area contributed by atoms with Crippen molar-refractivity contribution in [2.24, 2.45) is 11.3 Å². The molecule has 2 aliphatic rings. The lowest BCUT2D eigenvalue weighted by atomic mass is 9.58. The number of carbonyl (C=O) groups is 1. The first-order valence-corrected chi connectivity index (χ1v) is 6.55. The average molecular weight is 240 g/mol. The first-order chi connectivity index (χ1) is 7.98. The molecule has 4 unspecified atom stereocenters. The molecule has 4 heteroatoms. The quantitative estimate of drug-likeness (QED) is 0.771. The molecule has 0 spiro atoms. The monoisotopic (exact) mass is 240 g/mol. The van der Waals surface area contributed by atoms with Crippen molar-refractivity contribution >= 4 is 5.91 Å². The van der Waals surface area contributed by atoms with Crippen molar-refractivity contribution in [3.8, 4) is 0 Å². The highest BCUT2D eigenvalue weighted by Crippen LogP contribution is 2.46. The zero-order chi connectivity index (χ0) is 12.6. The molecule has 1 saturated carbocycles. The Morgan fingerprint density at radius 1 is 1.47 bits per heavy atom. The highest BCUT2D eigenvalue weighted by Gasteiger charge is 2.55. The summed E-state index contributed by atoms with van der Waals surface area (Å²) in [6, 6.07) is 0.238. The molecule has 4 nitrogen and oxygen atoms in total. The molecule has 17 heavy (non-hydrogen) atoms. The van der Waals surface area contributed by atoms with E-state index in [1.807, 2.05) is 0 Å². The Kier molecular flexibility index (Phi) is 3.46. The zero-order valence-electron chi connectivity index (χ0n) is 11.2. The third-order valence-corrected chi connectivity index (χ3v) is 4.47. The van der Waals surface area contributed by atoms with E-state index in [-0.39, 0.29) is 29.5 Å². The molecular formula is C13H24N2O2. The molecule has 2 rings (SSSR count). The topological polar surface area (TPSA) is 50.4 Å². The first-order valence-electron chi connectivity index (χ1n) is 6.55. The lowest BCUT2D eigenvalue weighted by Crippen LogP contribution is -2.69. The summed E-state index contributed by atoms with van der Waals surface area (Å²) in [6.07, 6.45) is 2.30. The second-order valence-corrected chi connectivity index (χ2v) is 5.97. The van der Waals surface area contributed by atoms with Crippen molar-refractivity contribution in [2.45, 2.75) is 51.8 Å². The molecule has 0 aromatic rings. The van der Waals surface area contributed by atoms with Gasteiger partial charge in [0.25, 0.3) is 0 Å². The smallest absolute Gasteiger partial charge is 0.237 e. The number of hydrogen-bond acceptors (Lipinski definition) is 3. The van der Waals surface area contributed by atoms with Gasteiger partial charge < -0.3 is 15.4 Å². The fourth-order valence-corrected chi connectivity index (χ4v) is 3.59. The van der Waals surface area contributed by atoms with E-state index in [2.05, 4.69) is 31.4 Å². The van der Waals surface area contributed by atoms with Crippen LogP contribution in [0, 0.1) is 11.3 Å². The van der Waals surface area contributed by atoms with Crippen LogP contribution < -0.4 is 10.6 Å². The maximum absolute atomic E-state index is 12.1. The molecular weight excluding hydrogens is 216 g/mol. The highest BCUT2D eigenvalue weighted by atomic mass is 16.5. The van der Waals surface area contributed by atoms with E-state index in [1.165, 1.54) is 0 Å². The van der Waals surface area contributed by atoms with Crippen LogP contribution in [0.2, 0.25) is 0 Å². The summed E-state index contributed by atoms with van der Waals surface area (Å²) in [4.78, 5) is 12.1. The molecule has 0 aromatic carbocycles. The van der Waals surface area contributed by atoms with E-state index in [1.54, 1.807) is 7.11 Å². The van der Waals surface area contributed by atoms with E-state index in [0.29, 0.717) is 5.92 Å². The minimum atomic E-state index is 0.0135. The van der Waals surface area contributed by atoms with Crippen molar-refractivity contribution in [3.05, 3.63) is 0 Å². The van der Waals surface area contributed by atoms with Gasteiger partial charge in [-0.25, -0.2) is 0 Å². The van der Waals surface area contributed by atoms with Gasteiger partial charge in [0.05, 0.1) is 12.1 Å². The molecule has 4 atom stereocenters. The van der Waals surface area contributed by atoms with Crippen molar-refractivity contribution in [1.82, 2.24) is 10.6 Å². The molecule has 98 valence electrons. The number of ether oxygens (including phenoxy) is 1. The van der Waals surface area contributed by atoms with Crippen LogP contribution in [-0.2, 0) is 9.53 Å². The number of rotatable bonds is 3. The van der Waals surface area contributed by atoms with Crippen LogP contribution in [0.4, 0.5) is 0 Å². The van der Waals surface area contributed by atoms with E-state index in [9.17, 15) is 4.79 Å². The molecule has 1 amide bonds. The Morgan fingerprint density at radius 2 is 2.18 bits per heavy atom. The molecule has 2 fully saturated rings. The molecule has 0 radical (unpaired) electrons. The van der Waals surface area contributed by atoms with Crippen LogP contribution in [0.25, 0.3) is 0 Å². The van der Waals surface area contributed by atoms with Crippen molar-refractivity contribution in [1.29, 1.82) is 0 Å². The zero-order valence-corrected chi connectivity index (χ0v) is 11.2. The predicted molar refractivity (Wildman–Crippen MR) is 66.7 cm³/mol. The second kappa shape index (κ2) is 4.58. The standard InChI is InChI=1S/C13H24N2O2/c1-8-10(13(2,3)11(8)17-4)15-12(16)9-6-5-7-14-9/h8-11,14H,5-7H2,1-4H3,(H,15,16). The van der Waals surface area contributed by atoms with Gasteiger partial charge in [0.1, 0.15) is 0 Å². The van der Waals surface area contributed by atoms with Gasteiger partial charge in [0, 0.05) is 24.5 Å². The van der Waals surface area contributed by atoms with Crippen molar-refractivity contribution < 1.29 is 9.53 Å². The third kappa shape index (κ3) is 2.08. The minimum absolute atomic E-state index is 0.0135. The second-order valence-electron chi connectivity index (χ2n) is 5.97. The average Bonchev–Trinajstić information content (AvgIpc) is 2.79. The van der Waals surface area contributed by atoms with Gasteiger partial charge in [-0.2, -0.15) is 0 Å². The Labute approximate surface area is 103 Å². The van der Waals surface area contributed by atoms with Crippen LogP contribution in [0.1, 0.15) is 33.6 Å². The highest BCUT2D eigenvalue weighted by molar-refractivity contribution is 5.82. The minimum Gasteiger partial charge on any atom is -0.380 e. The fraction of sp³-hybridized carbons (Fsp3) is 0.923. The van der Waals surface area contributed by atoms with Crippen molar-refractivity contribution in [2.75, 3.05) is 13.7 Å². The Hall–Kier alpha value is -0.610. The molecule has 1 aliphatic heterocycles. The third-order valence-electron chi connectivity index (χ3n) is 4.47. The molecule has 2 N–H and O–H groups in total. The lowest BCUT2D eigenvalue weighted by Gasteiger charge is -2.56. The summed E-state index contributed by atoms with van der Waals surface area (Å²) < 4.78 is 5.48. The van der Waals surface area contributed by atoms with Crippen LogP contribution in [-0.4, -0.2) is 37.7 Å². The van der Waals surface area contributed by atoms with Gasteiger partial charge >= 0.3 is 0 Å². The summed E-state index contributed by atoms with van der Waals surface area (Å²) in [5, 5.41) is 6.42. The van der Waals surface area contributed by atoms with Crippen LogP contribution in [0.5, 0.6) is 0 Å². The molecule has 1 aliphatic carbocycles. The van der Waals surface area contributed by atoms with Gasteiger partial charge in [-0.1, -0.05) is 20.8 Å². The molecule has 1 heterocycles. The van der Waals surface area contributed by atoms with Crippen LogP contribution >= 0.6 is 0 Å². The Balaban J connectivity index is 1.93. The number of carbonyl (C=O) groups excluding carboxylic acids is 1. The maximum atomic E-state index is 12.1. The molecule has 1 saturated heterocycles. The first kappa shape index (κ1) is 12.8. The van der Waals surface area contributed by atoms with E-state index >= 15 is 0 Å². The normalized spacial score (nSPS) is 39.8. The van der Waals surface area contributed by atoms with Gasteiger partial charge in [-0.3, -0.25) is 4.79 Å². The van der Waals surface area contributed by atoms with E-state index in [4.69, 9.17) is 4.74 Å². The summed E-state index contributed by atoms with van der Waals surface area (Å²) in [6.45, 7) is 7.43. The number of amides is 1. The predicted octanol–water partition coefficient (Wildman–Crippen LogP) is 0.914. The molecule has 0 bridgehead atoms. The van der Waals surface area contributed by atoms with Crippen molar-refractivity contribution in [3.63, 3.8) is 0 Å². The number of methoxy groups -OCH3 is 1. The Bertz CT molecular complexity index is 298. The van der Waals surface area contributed by atoms with Crippen LogP contribution in [0.3, 0.4) is 0 Å². The van der Waals surface area contributed by atoms with E-state index < -0.39 is 0 Å². The van der Waals surface area contributed by atoms with E-state index in [0.717, 1.165) is 19.4 Å². The summed E-state index contributed by atoms with van der Waals surface area (Å²) in [7, 11) is 1.75. The van der Waals surface area contributed by atoms with Gasteiger partial charge in [0.2, 0.25) is 5.91 Å². The van der Waals surface area contributed by atoms with Crippen LogP contribution in [0.15, 0.2) is 0 Å².